The third-order valence-electron chi connectivity index (χ3n) is 3.77. The fourth-order valence-electron chi connectivity index (χ4n) is 2.40. The highest BCUT2D eigenvalue weighted by Gasteiger charge is 2.12. The summed E-state index contributed by atoms with van der Waals surface area (Å²) < 4.78 is 14.5. The first-order chi connectivity index (χ1) is 12.6. The number of rotatable bonds is 7. The Labute approximate surface area is 154 Å². The summed E-state index contributed by atoms with van der Waals surface area (Å²) in [6.45, 7) is 2.47. The van der Waals surface area contributed by atoms with Gasteiger partial charge in [-0.2, -0.15) is 4.68 Å². The van der Waals surface area contributed by atoms with Crippen LogP contribution in [0.25, 0.3) is 5.69 Å². The summed E-state index contributed by atoms with van der Waals surface area (Å²) in [4.78, 5) is 12.0. The van der Waals surface area contributed by atoms with Crippen molar-refractivity contribution in [3.8, 4) is 5.69 Å². The number of amides is 1. The first-order valence-electron chi connectivity index (χ1n) is 8.12. The summed E-state index contributed by atoms with van der Waals surface area (Å²) in [5, 5.41) is 15.1. The molecule has 2 aromatic carbocycles. The number of thioether (sulfide) groups is 1. The Morgan fingerprint density at radius 3 is 2.73 bits per heavy atom. The molecule has 1 N–H and O–H groups in total. The lowest BCUT2D eigenvalue weighted by molar-refractivity contribution is -0.118. The fourth-order valence-corrected chi connectivity index (χ4v) is 3.11. The number of carbonyl (C=O) groups excluding carboxylic acids is 1. The van der Waals surface area contributed by atoms with Gasteiger partial charge in [0, 0.05) is 6.54 Å². The lowest BCUT2D eigenvalue weighted by Crippen LogP contribution is -2.27. The minimum atomic E-state index is -0.263. The van der Waals surface area contributed by atoms with E-state index in [2.05, 4.69) is 20.8 Å². The number of hydrogen-bond acceptors (Lipinski definition) is 5. The van der Waals surface area contributed by atoms with E-state index >= 15 is 0 Å². The van der Waals surface area contributed by atoms with Crippen LogP contribution in [-0.4, -0.2) is 38.4 Å². The van der Waals surface area contributed by atoms with Crippen molar-refractivity contribution in [3.63, 3.8) is 0 Å². The van der Waals surface area contributed by atoms with Crippen molar-refractivity contribution in [3.05, 3.63) is 65.5 Å². The molecule has 0 saturated carbocycles. The fraction of sp³-hybridized carbons (Fsp3) is 0.222. The van der Waals surface area contributed by atoms with Crippen molar-refractivity contribution < 1.29 is 9.18 Å². The number of aromatic nitrogens is 4. The van der Waals surface area contributed by atoms with E-state index in [1.807, 2.05) is 31.2 Å². The summed E-state index contributed by atoms with van der Waals surface area (Å²) in [6, 6.07) is 14.0. The van der Waals surface area contributed by atoms with Crippen LogP contribution in [0.1, 0.15) is 11.1 Å². The third-order valence-corrected chi connectivity index (χ3v) is 4.69. The number of nitrogens with zero attached hydrogens (tertiary/aromatic N) is 4. The molecule has 0 unspecified atom stereocenters. The summed E-state index contributed by atoms with van der Waals surface area (Å²) in [5.41, 5.74) is 2.91. The van der Waals surface area contributed by atoms with Gasteiger partial charge in [-0.05, 0) is 53.1 Å². The molecular formula is C18H18FN5OS. The molecule has 0 aliphatic heterocycles. The highest BCUT2D eigenvalue weighted by Crippen LogP contribution is 2.20. The lowest BCUT2D eigenvalue weighted by atomic mass is 10.1. The van der Waals surface area contributed by atoms with Gasteiger partial charge in [0.05, 0.1) is 11.4 Å². The number of carbonyl (C=O) groups is 1. The molecule has 0 fully saturated rings. The molecule has 0 radical (unpaired) electrons. The highest BCUT2D eigenvalue weighted by atomic mass is 32.2. The van der Waals surface area contributed by atoms with Gasteiger partial charge in [0.1, 0.15) is 5.82 Å². The molecule has 0 bridgehead atoms. The Morgan fingerprint density at radius 1 is 1.19 bits per heavy atom. The zero-order valence-corrected chi connectivity index (χ0v) is 15.0. The van der Waals surface area contributed by atoms with E-state index < -0.39 is 0 Å². The average Bonchev–Trinajstić information content (AvgIpc) is 3.10. The number of para-hydroxylation sites is 1. The van der Waals surface area contributed by atoms with Crippen LogP contribution in [0.4, 0.5) is 4.39 Å². The monoisotopic (exact) mass is 371 g/mol. The number of aryl methyl sites for hydroxylation is 1. The van der Waals surface area contributed by atoms with Crippen LogP contribution < -0.4 is 5.32 Å². The maximum atomic E-state index is 12.9. The van der Waals surface area contributed by atoms with Gasteiger partial charge in [-0.3, -0.25) is 4.79 Å². The predicted molar refractivity (Wildman–Crippen MR) is 97.7 cm³/mol. The van der Waals surface area contributed by atoms with Crippen LogP contribution in [0.5, 0.6) is 0 Å². The molecule has 26 heavy (non-hydrogen) atoms. The lowest BCUT2D eigenvalue weighted by Gasteiger charge is -2.07. The quantitative estimate of drug-likeness (QED) is 0.646. The molecule has 3 rings (SSSR count). The highest BCUT2D eigenvalue weighted by molar-refractivity contribution is 7.99. The Hall–Kier alpha value is -2.74. The number of hydrogen-bond donors (Lipinski definition) is 1. The smallest absolute Gasteiger partial charge is 0.230 e. The molecule has 0 spiro atoms. The summed E-state index contributed by atoms with van der Waals surface area (Å²) in [7, 11) is 0. The first kappa shape index (κ1) is 18.1. The largest absolute Gasteiger partial charge is 0.355 e. The number of nitrogens with one attached hydrogen (secondary N) is 1. The molecule has 0 aliphatic rings. The van der Waals surface area contributed by atoms with Gasteiger partial charge in [0.25, 0.3) is 0 Å². The standard InChI is InChI=1S/C18H18FN5OS/c1-13-4-2-3-5-16(13)24-18(21-22-23-24)26-12-17(25)20-11-10-14-6-8-15(19)9-7-14/h2-9H,10-12H2,1H3,(H,20,25). The van der Waals surface area contributed by atoms with Crippen molar-refractivity contribution in [1.82, 2.24) is 25.5 Å². The van der Waals surface area contributed by atoms with Crippen molar-refractivity contribution >= 4 is 17.7 Å². The second-order valence-corrected chi connectivity index (χ2v) is 6.62. The Morgan fingerprint density at radius 2 is 1.96 bits per heavy atom. The van der Waals surface area contributed by atoms with Crippen molar-refractivity contribution in [1.29, 1.82) is 0 Å². The second kappa shape index (κ2) is 8.57. The molecule has 3 aromatic rings. The molecule has 0 aliphatic carbocycles. The van der Waals surface area contributed by atoms with E-state index in [-0.39, 0.29) is 17.5 Å². The van der Waals surface area contributed by atoms with E-state index in [4.69, 9.17) is 0 Å². The van der Waals surface area contributed by atoms with E-state index in [0.29, 0.717) is 18.1 Å². The zero-order chi connectivity index (χ0) is 18.4. The summed E-state index contributed by atoms with van der Waals surface area (Å²) >= 11 is 1.28. The minimum Gasteiger partial charge on any atom is -0.355 e. The van der Waals surface area contributed by atoms with Gasteiger partial charge in [-0.1, -0.05) is 42.1 Å². The molecule has 0 saturated heterocycles. The van der Waals surface area contributed by atoms with Gasteiger partial charge < -0.3 is 5.32 Å². The molecule has 6 nitrogen and oxygen atoms in total. The van der Waals surface area contributed by atoms with Crippen LogP contribution in [0.2, 0.25) is 0 Å². The Bertz CT molecular complexity index is 881. The van der Waals surface area contributed by atoms with Crippen LogP contribution >= 0.6 is 11.8 Å². The first-order valence-corrected chi connectivity index (χ1v) is 9.10. The number of tetrazole rings is 1. The van der Waals surface area contributed by atoms with Gasteiger partial charge >= 0.3 is 0 Å². The van der Waals surface area contributed by atoms with Crippen molar-refractivity contribution in [2.24, 2.45) is 0 Å². The van der Waals surface area contributed by atoms with Gasteiger partial charge in [0.2, 0.25) is 11.1 Å². The number of halogens is 1. The zero-order valence-electron chi connectivity index (χ0n) is 14.2. The minimum absolute atomic E-state index is 0.101. The average molecular weight is 371 g/mol. The Balaban J connectivity index is 1.50. The van der Waals surface area contributed by atoms with Crippen molar-refractivity contribution in [2.75, 3.05) is 12.3 Å². The molecule has 1 amide bonds. The SMILES string of the molecule is Cc1ccccc1-n1nnnc1SCC(=O)NCCc1ccc(F)cc1. The predicted octanol–water partition coefficient (Wildman–Crippen LogP) is 2.56. The topological polar surface area (TPSA) is 72.7 Å². The van der Waals surface area contributed by atoms with E-state index in [1.54, 1.807) is 16.8 Å². The van der Waals surface area contributed by atoms with Crippen LogP contribution in [-0.2, 0) is 11.2 Å². The van der Waals surface area contributed by atoms with Crippen LogP contribution in [0.3, 0.4) is 0 Å². The van der Waals surface area contributed by atoms with Crippen LogP contribution in [0.15, 0.2) is 53.7 Å². The molecular weight excluding hydrogens is 353 g/mol. The van der Waals surface area contributed by atoms with Gasteiger partial charge in [-0.15, -0.1) is 5.10 Å². The van der Waals surface area contributed by atoms with Gasteiger partial charge in [-0.25, -0.2) is 4.39 Å². The Kier molecular flexibility index (Phi) is 5.96. The van der Waals surface area contributed by atoms with E-state index in [1.165, 1.54) is 23.9 Å². The molecule has 134 valence electrons. The molecule has 0 atom stereocenters. The maximum Gasteiger partial charge on any atom is 0.230 e. The van der Waals surface area contributed by atoms with E-state index in [0.717, 1.165) is 16.8 Å². The van der Waals surface area contributed by atoms with Gasteiger partial charge in [0.15, 0.2) is 0 Å². The molecule has 8 heteroatoms. The normalized spacial score (nSPS) is 10.7. The van der Waals surface area contributed by atoms with Crippen molar-refractivity contribution in [2.45, 2.75) is 18.5 Å². The maximum absolute atomic E-state index is 12.9. The summed E-state index contributed by atoms with van der Waals surface area (Å²) in [5.74, 6) is -0.146. The molecule has 1 aromatic heterocycles. The second-order valence-electron chi connectivity index (χ2n) is 5.67. The molecule has 1 heterocycles. The van der Waals surface area contributed by atoms with E-state index in [9.17, 15) is 9.18 Å². The van der Waals surface area contributed by atoms with Crippen LogP contribution in [0, 0.1) is 12.7 Å². The summed E-state index contributed by atoms with van der Waals surface area (Å²) in [6.07, 6.45) is 0.650. The number of benzene rings is 2. The third kappa shape index (κ3) is 4.66.